The molecule has 0 saturated carbocycles. The van der Waals surface area contributed by atoms with Crippen LogP contribution < -0.4 is 20.1 Å². The van der Waals surface area contributed by atoms with E-state index in [1.54, 1.807) is 31.4 Å². The molecule has 0 radical (unpaired) electrons. The molecule has 0 atom stereocenters. The summed E-state index contributed by atoms with van der Waals surface area (Å²) in [5, 5.41) is 5.68. The highest BCUT2D eigenvalue weighted by atomic mass is 79.9. The number of carbonyl (C=O) groups excluding carboxylic acids is 1. The number of carbonyl (C=O) groups is 1. The van der Waals surface area contributed by atoms with E-state index >= 15 is 0 Å². The van der Waals surface area contributed by atoms with Crippen molar-refractivity contribution in [2.24, 2.45) is 0 Å². The summed E-state index contributed by atoms with van der Waals surface area (Å²) >= 11 is 3.40. The van der Waals surface area contributed by atoms with Gasteiger partial charge in [0.2, 0.25) is 15.9 Å². The van der Waals surface area contributed by atoms with Crippen LogP contribution in [0.1, 0.15) is 0 Å². The normalized spacial score (nSPS) is 11.2. The third-order valence-corrected chi connectivity index (χ3v) is 6.35. The van der Waals surface area contributed by atoms with Crippen molar-refractivity contribution in [2.45, 2.75) is 4.90 Å². The smallest absolute Gasteiger partial charge is 0.246 e. The van der Waals surface area contributed by atoms with Crippen molar-refractivity contribution >= 4 is 43.2 Å². The predicted octanol–water partition coefficient (Wildman–Crippen LogP) is 2.77. The second-order valence-electron chi connectivity index (χ2n) is 5.90. The Balaban J connectivity index is 2.14. The minimum absolute atomic E-state index is 0.0203. The molecule has 0 bridgehead atoms. The van der Waals surface area contributed by atoms with Crippen LogP contribution in [0.4, 0.5) is 11.4 Å². The van der Waals surface area contributed by atoms with E-state index in [0.29, 0.717) is 17.1 Å². The summed E-state index contributed by atoms with van der Waals surface area (Å²) in [7, 11) is 2.07. The second kappa shape index (κ2) is 9.26. The van der Waals surface area contributed by atoms with E-state index in [2.05, 4.69) is 26.6 Å². The first-order chi connectivity index (χ1) is 13.2. The minimum Gasteiger partial charge on any atom is -0.497 e. The standard InChI is InChI=1S/C18H22BrN3O5S/c1-22(2)28(24,25)17-9-12(5-8-16(17)27-4)21-18(23)11-20-15-10-13(26-3)6-7-14(15)19/h5-10,20H,11H2,1-4H3,(H,21,23). The Labute approximate surface area is 173 Å². The molecular weight excluding hydrogens is 450 g/mol. The molecule has 2 aromatic rings. The average Bonchev–Trinajstić information content (AvgIpc) is 2.67. The molecule has 0 spiro atoms. The van der Waals surface area contributed by atoms with E-state index in [1.807, 2.05) is 0 Å². The summed E-state index contributed by atoms with van der Waals surface area (Å²) in [6.07, 6.45) is 0. The Morgan fingerprint density at radius 3 is 2.43 bits per heavy atom. The van der Waals surface area contributed by atoms with Crippen molar-refractivity contribution in [3.05, 3.63) is 40.9 Å². The summed E-state index contributed by atoms with van der Waals surface area (Å²) in [4.78, 5) is 12.3. The Hall–Kier alpha value is -2.30. The monoisotopic (exact) mass is 471 g/mol. The van der Waals surface area contributed by atoms with Gasteiger partial charge in [0.15, 0.2) is 0 Å². The molecule has 28 heavy (non-hydrogen) atoms. The Morgan fingerprint density at radius 2 is 1.82 bits per heavy atom. The lowest BCUT2D eigenvalue weighted by atomic mass is 10.3. The molecule has 0 aliphatic carbocycles. The first-order valence-corrected chi connectivity index (χ1v) is 10.4. The number of rotatable bonds is 8. The highest BCUT2D eigenvalue weighted by molar-refractivity contribution is 9.10. The molecule has 0 unspecified atom stereocenters. The first-order valence-electron chi connectivity index (χ1n) is 8.17. The van der Waals surface area contributed by atoms with Crippen molar-refractivity contribution in [2.75, 3.05) is 45.5 Å². The number of methoxy groups -OCH3 is 2. The van der Waals surface area contributed by atoms with Crippen LogP contribution in [0, 0.1) is 0 Å². The molecule has 2 N–H and O–H groups in total. The molecule has 0 aromatic heterocycles. The summed E-state index contributed by atoms with van der Waals surface area (Å²) < 4.78 is 37.1. The number of nitrogens with one attached hydrogen (secondary N) is 2. The third-order valence-electron chi connectivity index (χ3n) is 3.82. The maximum Gasteiger partial charge on any atom is 0.246 e. The van der Waals surface area contributed by atoms with Crippen molar-refractivity contribution in [3.63, 3.8) is 0 Å². The topological polar surface area (TPSA) is 97.0 Å². The zero-order valence-corrected chi connectivity index (χ0v) is 18.3. The molecule has 1 amide bonds. The molecule has 2 rings (SSSR count). The van der Waals surface area contributed by atoms with E-state index in [1.165, 1.54) is 33.3 Å². The lowest BCUT2D eigenvalue weighted by molar-refractivity contribution is -0.114. The molecule has 0 aliphatic heterocycles. The van der Waals surface area contributed by atoms with Crippen molar-refractivity contribution in [3.8, 4) is 11.5 Å². The average molecular weight is 472 g/mol. The molecule has 0 heterocycles. The van der Waals surface area contributed by atoms with Gasteiger partial charge in [0.25, 0.3) is 0 Å². The molecule has 152 valence electrons. The van der Waals surface area contributed by atoms with Gasteiger partial charge in [0.1, 0.15) is 16.4 Å². The van der Waals surface area contributed by atoms with Crippen LogP contribution in [-0.2, 0) is 14.8 Å². The van der Waals surface area contributed by atoms with Gasteiger partial charge in [-0.1, -0.05) is 0 Å². The van der Waals surface area contributed by atoms with Crippen LogP contribution in [0.25, 0.3) is 0 Å². The maximum absolute atomic E-state index is 12.5. The fraction of sp³-hybridized carbons (Fsp3) is 0.278. The van der Waals surface area contributed by atoms with Gasteiger partial charge in [0.05, 0.1) is 26.5 Å². The number of benzene rings is 2. The lowest BCUT2D eigenvalue weighted by Gasteiger charge is -2.16. The molecule has 8 nitrogen and oxygen atoms in total. The zero-order valence-electron chi connectivity index (χ0n) is 15.9. The van der Waals surface area contributed by atoms with Gasteiger partial charge < -0.3 is 20.1 Å². The zero-order chi connectivity index (χ0) is 20.9. The van der Waals surface area contributed by atoms with Gasteiger partial charge in [-0.3, -0.25) is 4.79 Å². The molecular formula is C18H22BrN3O5S. The van der Waals surface area contributed by atoms with Crippen LogP contribution in [0.15, 0.2) is 45.8 Å². The van der Waals surface area contributed by atoms with Gasteiger partial charge in [-0.15, -0.1) is 0 Å². The lowest BCUT2D eigenvalue weighted by Crippen LogP contribution is -2.24. The van der Waals surface area contributed by atoms with Crippen LogP contribution >= 0.6 is 15.9 Å². The van der Waals surface area contributed by atoms with Crippen molar-refractivity contribution < 1.29 is 22.7 Å². The van der Waals surface area contributed by atoms with E-state index < -0.39 is 10.0 Å². The minimum atomic E-state index is -3.73. The van der Waals surface area contributed by atoms with Gasteiger partial charge in [-0.05, 0) is 46.3 Å². The van der Waals surface area contributed by atoms with Gasteiger partial charge in [0, 0.05) is 30.3 Å². The van der Waals surface area contributed by atoms with Crippen molar-refractivity contribution in [1.29, 1.82) is 0 Å². The Kier molecular flexibility index (Phi) is 7.28. The van der Waals surface area contributed by atoms with E-state index in [9.17, 15) is 13.2 Å². The molecule has 0 fully saturated rings. The number of ether oxygens (including phenoxy) is 2. The maximum atomic E-state index is 12.5. The predicted molar refractivity (Wildman–Crippen MR) is 112 cm³/mol. The van der Waals surface area contributed by atoms with Gasteiger partial charge in [-0.25, -0.2) is 12.7 Å². The van der Waals surface area contributed by atoms with E-state index in [4.69, 9.17) is 9.47 Å². The number of amides is 1. The quantitative estimate of drug-likeness (QED) is 0.614. The van der Waals surface area contributed by atoms with E-state index in [-0.39, 0.29) is 23.1 Å². The molecule has 10 heteroatoms. The fourth-order valence-electron chi connectivity index (χ4n) is 2.30. The van der Waals surface area contributed by atoms with Crippen LogP contribution in [0.5, 0.6) is 11.5 Å². The van der Waals surface area contributed by atoms with Gasteiger partial charge >= 0.3 is 0 Å². The number of halogens is 1. The highest BCUT2D eigenvalue weighted by Gasteiger charge is 2.23. The number of nitrogens with zero attached hydrogens (tertiary/aromatic N) is 1. The Morgan fingerprint density at radius 1 is 1.11 bits per heavy atom. The molecule has 2 aromatic carbocycles. The van der Waals surface area contributed by atoms with Crippen LogP contribution in [0.3, 0.4) is 0 Å². The van der Waals surface area contributed by atoms with Crippen LogP contribution in [-0.4, -0.2) is 53.5 Å². The fourth-order valence-corrected chi connectivity index (χ4v) is 3.76. The third kappa shape index (κ3) is 5.15. The number of sulfonamides is 1. The number of hydrogen-bond acceptors (Lipinski definition) is 6. The second-order valence-corrected chi connectivity index (χ2v) is 8.88. The Bertz CT molecular complexity index is 964. The SMILES string of the molecule is COc1ccc(Br)c(NCC(=O)Nc2ccc(OC)c(S(=O)(=O)N(C)C)c2)c1. The van der Waals surface area contributed by atoms with E-state index in [0.717, 1.165) is 8.78 Å². The molecule has 0 aliphatic rings. The highest BCUT2D eigenvalue weighted by Crippen LogP contribution is 2.29. The van der Waals surface area contributed by atoms with Gasteiger partial charge in [-0.2, -0.15) is 0 Å². The summed E-state index contributed by atoms with van der Waals surface area (Å²) in [5.74, 6) is 0.512. The summed E-state index contributed by atoms with van der Waals surface area (Å²) in [6.45, 7) is -0.0203. The summed E-state index contributed by atoms with van der Waals surface area (Å²) in [6, 6.07) is 9.80. The number of anilines is 2. The first kappa shape index (κ1) is 22.0. The van der Waals surface area contributed by atoms with Crippen molar-refractivity contribution in [1.82, 2.24) is 4.31 Å². The summed E-state index contributed by atoms with van der Waals surface area (Å²) in [5.41, 5.74) is 1.04. The molecule has 0 saturated heterocycles. The number of hydrogen-bond donors (Lipinski definition) is 2. The largest absolute Gasteiger partial charge is 0.497 e. The van der Waals surface area contributed by atoms with Crippen LogP contribution in [0.2, 0.25) is 0 Å².